The van der Waals surface area contributed by atoms with Crippen molar-refractivity contribution in [1.82, 2.24) is 25.2 Å². The number of allylic oxidation sites excluding steroid dienone is 1. The van der Waals surface area contributed by atoms with E-state index in [-0.39, 0.29) is 31.4 Å². The number of methoxy groups -OCH3 is 1. The van der Waals surface area contributed by atoms with Crippen LogP contribution in [0.4, 0.5) is 4.79 Å². The number of fused-ring (bicyclic) bond motifs is 5. The van der Waals surface area contributed by atoms with Gasteiger partial charge in [0, 0.05) is 29.2 Å². The Morgan fingerprint density at radius 1 is 1.11 bits per heavy atom. The minimum atomic E-state index is -3.99. The maximum absolute atomic E-state index is 14.8. The smallest absolute Gasteiger partial charge is 0.408 e. The van der Waals surface area contributed by atoms with Gasteiger partial charge < -0.3 is 29.7 Å². The summed E-state index contributed by atoms with van der Waals surface area (Å²) in [4.78, 5) is 63.3. The van der Waals surface area contributed by atoms with Crippen LogP contribution in [0.3, 0.4) is 0 Å². The fourth-order valence-electron chi connectivity index (χ4n) is 8.74. The molecule has 4 heterocycles. The van der Waals surface area contributed by atoms with Crippen molar-refractivity contribution in [2.24, 2.45) is 5.92 Å². The van der Waals surface area contributed by atoms with Gasteiger partial charge in [0.1, 0.15) is 40.8 Å². The van der Waals surface area contributed by atoms with Gasteiger partial charge in [0.2, 0.25) is 21.8 Å². The number of nitrogens with one attached hydrogen (secondary N) is 3. The molecule has 1 aromatic carbocycles. The summed E-state index contributed by atoms with van der Waals surface area (Å²) in [7, 11) is -2.36. The van der Waals surface area contributed by atoms with Gasteiger partial charge in [-0.15, -0.1) is 0 Å². The number of pyridine rings is 1. The number of nitrogens with zero attached hydrogens (tertiary/aromatic N) is 2. The molecule has 3 N–H and O–H groups in total. The average Bonchev–Trinajstić information content (AvgIpc) is 4.12. The topological polar surface area (TPSA) is 182 Å². The lowest BCUT2D eigenvalue weighted by molar-refractivity contribution is -0.141. The fourth-order valence-corrected chi connectivity index (χ4v) is 10.0. The van der Waals surface area contributed by atoms with Gasteiger partial charge in [0.25, 0.3) is 5.91 Å². The number of hydrogen-bond donors (Lipinski definition) is 3. The molecule has 4 amide bonds. The van der Waals surface area contributed by atoms with Gasteiger partial charge in [-0.3, -0.25) is 19.1 Å². The first-order valence-corrected chi connectivity index (χ1v) is 22.2. The Morgan fingerprint density at radius 3 is 2.61 bits per heavy atom. The summed E-state index contributed by atoms with van der Waals surface area (Å²) in [6, 6.07) is 3.78. The zero-order chi connectivity index (χ0) is 40.3. The van der Waals surface area contributed by atoms with E-state index in [9.17, 15) is 27.6 Å². The van der Waals surface area contributed by atoms with E-state index in [1.807, 2.05) is 37.3 Å². The first-order chi connectivity index (χ1) is 27.2. The highest BCUT2D eigenvalue weighted by atomic mass is 32.2. The van der Waals surface area contributed by atoms with Crippen LogP contribution < -0.4 is 24.8 Å². The Balaban J connectivity index is 1.15. The molecule has 0 unspecified atom stereocenters. The number of sulfonamides is 1. The normalized spacial score (nSPS) is 30.6. The second kappa shape index (κ2) is 14.8. The molecule has 15 heteroatoms. The fraction of sp³-hybridized carbons (Fsp3) is 0.643. The van der Waals surface area contributed by atoms with Crippen LogP contribution in [-0.2, 0) is 35.6 Å². The van der Waals surface area contributed by atoms with Gasteiger partial charge in [0.05, 0.1) is 29.6 Å². The number of ether oxygens (including phenoxy) is 3. The van der Waals surface area contributed by atoms with Gasteiger partial charge >= 0.3 is 6.09 Å². The van der Waals surface area contributed by atoms with Gasteiger partial charge in [0.15, 0.2) is 0 Å². The van der Waals surface area contributed by atoms with Crippen molar-refractivity contribution in [1.29, 1.82) is 0 Å². The second-order valence-corrected chi connectivity index (χ2v) is 19.7. The Kier molecular flexibility index (Phi) is 10.2. The summed E-state index contributed by atoms with van der Waals surface area (Å²) in [6.07, 6.45) is 11.0. The van der Waals surface area contributed by atoms with Crippen LogP contribution in [0.2, 0.25) is 0 Å². The zero-order valence-corrected chi connectivity index (χ0v) is 34.2. The van der Waals surface area contributed by atoms with E-state index in [1.165, 1.54) is 4.90 Å². The molecule has 308 valence electrons. The predicted molar refractivity (Wildman–Crippen MR) is 211 cm³/mol. The van der Waals surface area contributed by atoms with Crippen LogP contribution in [0.5, 0.6) is 11.5 Å². The number of amides is 4. The molecule has 2 aromatic rings. The molecule has 8 rings (SSSR count). The van der Waals surface area contributed by atoms with E-state index >= 15 is 0 Å². The van der Waals surface area contributed by atoms with Crippen molar-refractivity contribution in [2.75, 3.05) is 13.7 Å². The predicted octanol–water partition coefficient (Wildman–Crippen LogP) is 5.07. The van der Waals surface area contributed by atoms with Crippen LogP contribution in [-0.4, -0.2) is 89.8 Å². The monoisotopic (exact) mass is 805 g/mol. The molecule has 4 fully saturated rings. The van der Waals surface area contributed by atoms with Crippen molar-refractivity contribution < 1.29 is 41.8 Å². The number of alkyl carbamates (subject to hydrolysis) is 1. The molecule has 1 spiro atoms. The van der Waals surface area contributed by atoms with Gasteiger partial charge in [-0.1, -0.05) is 31.9 Å². The number of rotatable bonds is 8. The average molecular weight is 806 g/mol. The van der Waals surface area contributed by atoms with E-state index in [2.05, 4.69) is 15.4 Å². The largest absolute Gasteiger partial charge is 0.497 e. The standard InChI is InChI=1S/C42H55N5O9S/c1-5-25(2)55-39(51)44-32-12-10-8-6-7-9-11-27-22-42(27,38(50)46-57(52,53)40(3)19-20-40)45-36(48)33-23-41(24-47(33)37(32)49)18-17-29-30-21-28(54-4)15-16-31(30)43-34(26-13-14-26)35(29)56-41/h9,11,15-16,21,25-27,32-33H,5-8,10,12-14,17-20,22-24H2,1-4H3,(H,44,51)(H,45,48)(H,46,50)/b11-9-/t25-,27-,32+,33+,41-,42-/m1/s1. The Morgan fingerprint density at radius 2 is 1.89 bits per heavy atom. The second-order valence-electron chi connectivity index (χ2n) is 17.5. The maximum atomic E-state index is 14.8. The number of carbonyl (C=O) groups is 4. The Labute approximate surface area is 334 Å². The SMILES string of the molecule is CC[C@@H](C)OC(=O)N[C@H]1CCCCC/C=C\[C@@H]2C[C@@]2(C(=O)NS(=O)(=O)C2(C)CC2)NC(=O)[C@@H]2C[C@]3(CCc4c(c(C5CC5)nc5ccc(OC)cc45)O3)CN2C1=O. The lowest BCUT2D eigenvalue weighted by Gasteiger charge is -2.37. The Hall–Kier alpha value is -4.40. The van der Waals surface area contributed by atoms with Crippen LogP contribution in [0.15, 0.2) is 30.4 Å². The molecule has 6 atom stereocenters. The van der Waals surface area contributed by atoms with Crippen LogP contribution in [0.1, 0.15) is 121 Å². The van der Waals surface area contributed by atoms with Gasteiger partial charge in [-0.25, -0.2) is 18.2 Å². The number of aryl methyl sites for hydroxylation is 1. The molecule has 14 nitrogen and oxygen atoms in total. The summed E-state index contributed by atoms with van der Waals surface area (Å²) in [5, 5.41) is 6.73. The summed E-state index contributed by atoms with van der Waals surface area (Å²) in [6.45, 7) is 5.36. The van der Waals surface area contributed by atoms with E-state index in [0.29, 0.717) is 62.9 Å². The van der Waals surface area contributed by atoms with E-state index in [4.69, 9.17) is 19.2 Å². The Bertz CT molecular complexity index is 2120. The van der Waals surface area contributed by atoms with E-state index in [0.717, 1.165) is 47.8 Å². The first kappa shape index (κ1) is 39.4. The van der Waals surface area contributed by atoms with Crippen molar-refractivity contribution >= 4 is 44.7 Å². The molecule has 3 aliphatic heterocycles. The molecule has 3 saturated carbocycles. The highest BCUT2D eigenvalue weighted by Gasteiger charge is 2.64. The van der Waals surface area contributed by atoms with Crippen molar-refractivity contribution in [3.05, 3.63) is 41.6 Å². The van der Waals surface area contributed by atoms with Crippen molar-refractivity contribution in [3.63, 3.8) is 0 Å². The quantitative estimate of drug-likeness (QED) is 0.305. The van der Waals surface area contributed by atoms with Crippen LogP contribution in [0, 0.1) is 5.92 Å². The number of carbonyl (C=O) groups excluding carboxylic acids is 4. The minimum Gasteiger partial charge on any atom is -0.497 e. The number of hydrogen-bond acceptors (Lipinski definition) is 10. The molecule has 6 aliphatic rings. The lowest BCUT2D eigenvalue weighted by Crippen LogP contribution is -2.58. The summed E-state index contributed by atoms with van der Waals surface area (Å²) in [5.74, 6) is -0.566. The van der Waals surface area contributed by atoms with Crippen molar-refractivity contribution in [3.8, 4) is 11.5 Å². The first-order valence-electron chi connectivity index (χ1n) is 20.7. The summed E-state index contributed by atoms with van der Waals surface area (Å²) >= 11 is 0. The number of benzene rings is 1. The molecular formula is C42H55N5O9S. The van der Waals surface area contributed by atoms with E-state index < -0.39 is 67.7 Å². The lowest BCUT2D eigenvalue weighted by atomic mass is 9.86. The third kappa shape index (κ3) is 7.56. The highest BCUT2D eigenvalue weighted by Crippen LogP contribution is 2.52. The molecule has 1 saturated heterocycles. The van der Waals surface area contributed by atoms with Crippen molar-refractivity contribution in [2.45, 2.75) is 151 Å². The third-order valence-corrected chi connectivity index (χ3v) is 15.3. The molecule has 3 aliphatic carbocycles. The van der Waals surface area contributed by atoms with E-state index in [1.54, 1.807) is 21.0 Å². The summed E-state index contributed by atoms with van der Waals surface area (Å²) < 4.78 is 46.0. The molecule has 0 radical (unpaired) electrons. The van der Waals surface area contributed by atoms with Crippen LogP contribution >= 0.6 is 0 Å². The third-order valence-electron chi connectivity index (χ3n) is 13.2. The highest BCUT2D eigenvalue weighted by molar-refractivity contribution is 7.91. The molecule has 1 aromatic heterocycles. The minimum absolute atomic E-state index is 0.0669. The molecule has 57 heavy (non-hydrogen) atoms. The van der Waals surface area contributed by atoms with Crippen LogP contribution in [0.25, 0.3) is 10.9 Å². The zero-order valence-electron chi connectivity index (χ0n) is 33.4. The molecule has 0 bridgehead atoms. The maximum Gasteiger partial charge on any atom is 0.408 e. The van der Waals surface area contributed by atoms with Gasteiger partial charge in [-0.2, -0.15) is 0 Å². The number of aromatic nitrogens is 1. The van der Waals surface area contributed by atoms with Gasteiger partial charge in [-0.05, 0) is 103 Å². The molecular weight excluding hydrogens is 751 g/mol. The summed E-state index contributed by atoms with van der Waals surface area (Å²) in [5.41, 5.74) is 0.279.